The standard InChI is InChI=1S/C17H18N6O4/c1-10-11(6-5-7-13(10)23(26)27)15(24)20-21-9-18-14-12(16(21)25)8-19-22(14)17(2,3)4/h5-9H,1-4H3,(H,20,24). The van der Waals surface area contributed by atoms with E-state index >= 15 is 0 Å². The van der Waals surface area contributed by atoms with Crippen LogP contribution in [0.15, 0.2) is 35.5 Å². The zero-order chi connectivity index (χ0) is 19.9. The molecule has 0 fully saturated rings. The van der Waals surface area contributed by atoms with Crippen LogP contribution in [0.1, 0.15) is 36.7 Å². The number of rotatable bonds is 3. The zero-order valence-corrected chi connectivity index (χ0v) is 15.3. The molecule has 0 unspecified atom stereocenters. The van der Waals surface area contributed by atoms with Gasteiger partial charge >= 0.3 is 0 Å². The van der Waals surface area contributed by atoms with E-state index in [1.165, 1.54) is 37.6 Å². The molecule has 0 aliphatic rings. The van der Waals surface area contributed by atoms with Crippen molar-refractivity contribution >= 4 is 22.6 Å². The monoisotopic (exact) mass is 370 g/mol. The molecule has 3 rings (SSSR count). The van der Waals surface area contributed by atoms with Crippen molar-refractivity contribution in [1.82, 2.24) is 19.4 Å². The Bertz CT molecular complexity index is 1120. The van der Waals surface area contributed by atoms with Crippen LogP contribution in [0.2, 0.25) is 0 Å². The lowest BCUT2D eigenvalue weighted by Gasteiger charge is -2.19. The number of hydrogen-bond acceptors (Lipinski definition) is 6. The SMILES string of the molecule is Cc1c(C(=O)Nn2cnc3c(cnn3C(C)(C)C)c2=O)cccc1[N+](=O)[O-]. The quantitative estimate of drug-likeness (QED) is 0.555. The minimum atomic E-state index is -0.650. The summed E-state index contributed by atoms with van der Waals surface area (Å²) in [5.74, 6) is -0.650. The maximum absolute atomic E-state index is 12.6. The molecular formula is C17H18N6O4. The van der Waals surface area contributed by atoms with Gasteiger partial charge in [0.15, 0.2) is 5.65 Å². The highest BCUT2D eigenvalue weighted by Gasteiger charge is 2.21. The predicted molar refractivity (Wildman–Crippen MR) is 98.3 cm³/mol. The molecule has 1 amide bonds. The lowest BCUT2D eigenvalue weighted by Crippen LogP contribution is -2.34. The summed E-state index contributed by atoms with van der Waals surface area (Å²) in [4.78, 5) is 39.9. The van der Waals surface area contributed by atoms with Crippen LogP contribution >= 0.6 is 0 Å². The van der Waals surface area contributed by atoms with E-state index in [4.69, 9.17) is 0 Å². The molecule has 27 heavy (non-hydrogen) atoms. The highest BCUT2D eigenvalue weighted by Crippen LogP contribution is 2.21. The Hall–Kier alpha value is -3.56. The number of carbonyl (C=O) groups excluding carboxylic acids is 1. The Balaban J connectivity index is 2.00. The second-order valence-electron chi connectivity index (χ2n) is 7.03. The van der Waals surface area contributed by atoms with Crippen molar-refractivity contribution in [2.45, 2.75) is 33.2 Å². The number of amides is 1. The predicted octanol–water partition coefficient (Wildman–Crippen LogP) is 1.95. The molecule has 1 aromatic carbocycles. The van der Waals surface area contributed by atoms with Crippen LogP contribution in [-0.2, 0) is 5.54 Å². The Kier molecular flexibility index (Phi) is 4.26. The van der Waals surface area contributed by atoms with Crippen LogP contribution in [0.25, 0.3) is 11.0 Å². The fraction of sp³-hybridized carbons (Fsp3) is 0.294. The molecule has 0 bridgehead atoms. The highest BCUT2D eigenvalue weighted by atomic mass is 16.6. The Morgan fingerprint density at radius 3 is 2.63 bits per heavy atom. The summed E-state index contributed by atoms with van der Waals surface area (Å²) < 4.78 is 2.57. The van der Waals surface area contributed by atoms with E-state index < -0.39 is 16.4 Å². The summed E-state index contributed by atoms with van der Waals surface area (Å²) >= 11 is 0. The summed E-state index contributed by atoms with van der Waals surface area (Å²) in [5, 5.41) is 15.5. The minimum absolute atomic E-state index is 0.0987. The summed E-state index contributed by atoms with van der Waals surface area (Å²) in [7, 11) is 0. The van der Waals surface area contributed by atoms with Crippen LogP contribution in [0.3, 0.4) is 0 Å². The smallest absolute Gasteiger partial charge is 0.267 e. The number of hydrogen-bond donors (Lipinski definition) is 1. The third kappa shape index (κ3) is 3.16. The number of nitro groups is 1. The molecule has 2 aromatic heterocycles. The largest absolute Gasteiger partial charge is 0.283 e. The van der Waals surface area contributed by atoms with E-state index in [1.54, 1.807) is 4.68 Å². The van der Waals surface area contributed by atoms with Gasteiger partial charge in [0.2, 0.25) is 0 Å². The Morgan fingerprint density at radius 2 is 2.00 bits per heavy atom. The van der Waals surface area contributed by atoms with Gasteiger partial charge in [0.1, 0.15) is 11.7 Å². The van der Waals surface area contributed by atoms with Crippen molar-refractivity contribution in [3.8, 4) is 0 Å². The summed E-state index contributed by atoms with van der Waals surface area (Å²) in [6, 6.07) is 4.18. The van der Waals surface area contributed by atoms with Crippen LogP contribution in [0.5, 0.6) is 0 Å². The molecule has 0 aliphatic heterocycles. The average molecular weight is 370 g/mol. The van der Waals surface area contributed by atoms with Crippen LogP contribution < -0.4 is 11.0 Å². The van der Waals surface area contributed by atoms with Gasteiger partial charge < -0.3 is 0 Å². The van der Waals surface area contributed by atoms with Crippen molar-refractivity contribution in [2.24, 2.45) is 0 Å². The number of nitrogens with one attached hydrogen (secondary N) is 1. The van der Waals surface area contributed by atoms with Crippen LogP contribution in [0.4, 0.5) is 5.69 Å². The first kappa shape index (κ1) is 18.2. The summed E-state index contributed by atoms with van der Waals surface area (Å²) in [6.07, 6.45) is 2.59. The fourth-order valence-corrected chi connectivity index (χ4v) is 2.72. The average Bonchev–Trinajstić information content (AvgIpc) is 3.02. The zero-order valence-electron chi connectivity index (χ0n) is 15.3. The molecule has 10 heteroatoms. The third-order valence-electron chi connectivity index (χ3n) is 4.09. The highest BCUT2D eigenvalue weighted by molar-refractivity contribution is 6.02. The van der Waals surface area contributed by atoms with Crippen molar-refractivity contribution in [2.75, 3.05) is 5.43 Å². The van der Waals surface area contributed by atoms with E-state index in [9.17, 15) is 19.7 Å². The molecule has 1 N–H and O–H groups in total. The maximum Gasteiger partial charge on any atom is 0.283 e. The van der Waals surface area contributed by atoms with Crippen molar-refractivity contribution in [3.05, 3.63) is 62.3 Å². The lowest BCUT2D eigenvalue weighted by molar-refractivity contribution is -0.385. The van der Waals surface area contributed by atoms with E-state index in [-0.39, 0.29) is 27.7 Å². The number of nitrogens with zero attached hydrogens (tertiary/aromatic N) is 5. The molecule has 0 atom stereocenters. The van der Waals surface area contributed by atoms with Gasteiger partial charge in [0, 0.05) is 11.6 Å². The van der Waals surface area contributed by atoms with Crippen molar-refractivity contribution in [3.63, 3.8) is 0 Å². The number of nitro benzene ring substituents is 1. The number of benzene rings is 1. The maximum atomic E-state index is 12.6. The summed E-state index contributed by atoms with van der Waals surface area (Å²) in [6.45, 7) is 7.27. The molecular weight excluding hydrogens is 352 g/mol. The Labute approximate surface area is 153 Å². The first-order valence-electron chi connectivity index (χ1n) is 8.12. The molecule has 0 aliphatic carbocycles. The minimum Gasteiger partial charge on any atom is -0.267 e. The molecule has 0 saturated heterocycles. The molecule has 0 saturated carbocycles. The second kappa shape index (κ2) is 6.31. The van der Waals surface area contributed by atoms with Crippen LogP contribution in [-0.4, -0.2) is 30.3 Å². The second-order valence-corrected chi connectivity index (χ2v) is 7.03. The normalized spacial score (nSPS) is 11.6. The van der Waals surface area contributed by atoms with Gasteiger partial charge in [-0.15, -0.1) is 0 Å². The van der Waals surface area contributed by atoms with E-state index in [0.29, 0.717) is 5.65 Å². The van der Waals surface area contributed by atoms with Gasteiger partial charge in [0.25, 0.3) is 17.2 Å². The van der Waals surface area contributed by atoms with Gasteiger partial charge in [-0.2, -0.15) is 5.10 Å². The summed E-state index contributed by atoms with van der Waals surface area (Å²) in [5.41, 5.74) is 2.10. The van der Waals surface area contributed by atoms with Gasteiger partial charge in [0.05, 0.1) is 22.2 Å². The van der Waals surface area contributed by atoms with Gasteiger partial charge in [-0.25, -0.2) is 14.3 Å². The van der Waals surface area contributed by atoms with E-state index in [2.05, 4.69) is 15.5 Å². The first-order valence-corrected chi connectivity index (χ1v) is 8.12. The van der Waals surface area contributed by atoms with Crippen molar-refractivity contribution in [1.29, 1.82) is 0 Å². The number of fused-ring (bicyclic) bond motifs is 1. The first-order chi connectivity index (χ1) is 12.6. The third-order valence-corrected chi connectivity index (χ3v) is 4.09. The molecule has 3 aromatic rings. The molecule has 10 nitrogen and oxygen atoms in total. The molecule has 2 heterocycles. The van der Waals surface area contributed by atoms with E-state index in [0.717, 1.165) is 4.68 Å². The number of carbonyl (C=O) groups is 1. The van der Waals surface area contributed by atoms with E-state index in [1.807, 2.05) is 20.8 Å². The fourth-order valence-electron chi connectivity index (χ4n) is 2.72. The van der Waals surface area contributed by atoms with Crippen molar-refractivity contribution < 1.29 is 9.72 Å². The Morgan fingerprint density at radius 1 is 1.30 bits per heavy atom. The molecule has 0 radical (unpaired) electrons. The topological polar surface area (TPSA) is 125 Å². The van der Waals surface area contributed by atoms with Crippen LogP contribution in [0, 0.1) is 17.0 Å². The van der Waals surface area contributed by atoms with Gasteiger partial charge in [-0.05, 0) is 33.8 Å². The number of aromatic nitrogens is 4. The molecule has 140 valence electrons. The molecule has 0 spiro atoms. The van der Waals surface area contributed by atoms with Gasteiger partial charge in [-0.1, -0.05) is 6.07 Å². The lowest BCUT2D eigenvalue weighted by atomic mass is 10.1. The van der Waals surface area contributed by atoms with Gasteiger partial charge in [-0.3, -0.25) is 25.1 Å².